The normalized spacial score (nSPS) is 19.8. The summed E-state index contributed by atoms with van der Waals surface area (Å²) in [5.41, 5.74) is 1.000. The van der Waals surface area contributed by atoms with Gasteiger partial charge in [-0.3, -0.25) is 0 Å². The highest BCUT2D eigenvalue weighted by molar-refractivity contribution is 5.88. The molecule has 2 heterocycles. The summed E-state index contributed by atoms with van der Waals surface area (Å²) in [5.74, 6) is 0.951. The van der Waals surface area contributed by atoms with E-state index in [4.69, 9.17) is 0 Å². The highest BCUT2D eigenvalue weighted by Crippen LogP contribution is 2.19. The number of nitrogens with one attached hydrogen (secondary N) is 1. The molecule has 0 amide bonds. The summed E-state index contributed by atoms with van der Waals surface area (Å²) < 4.78 is 0. The van der Waals surface area contributed by atoms with E-state index in [1.165, 1.54) is 32.4 Å². The second-order valence-corrected chi connectivity index (χ2v) is 5.90. The Morgan fingerprint density at radius 3 is 3.05 bits per heavy atom. The van der Waals surface area contributed by atoms with Gasteiger partial charge in [-0.1, -0.05) is 18.6 Å². The Bertz CT molecular complexity index is 579. The molecular formula is C17H24N4. The third-order valence-electron chi connectivity index (χ3n) is 4.40. The van der Waals surface area contributed by atoms with E-state index < -0.39 is 0 Å². The second kappa shape index (κ2) is 6.85. The van der Waals surface area contributed by atoms with Gasteiger partial charge in [0.2, 0.25) is 0 Å². The Morgan fingerprint density at radius 2 is 2.14 bits per heavy atom. The number of aromatic nitrogens is 2. The monoisotopic (exact) mass is 284 g/mol. The van der Waals surface area contributed by atoms with E-state index in [2.05, 4.69) is 33.2 Å². The zero-order valence-electron chi connectivity index (χ0n) is 12.8. The number of piperidine rings is 1. The van der Waals surface area contributed by atoms with Crippen LogP contribution in [0.25, 0.3) is 10.9 Å². The highest BCUT2D eigenvalue weighted by Gasteiger charge is 2.17. The van der Waals surface area contributed by atoms with Crippen molar-refractivity contribution in [1.82, 2.24) is 14.9 Å². The predicted octanol–water partition coefficient (Wildman–Crippen LogP) is 3.31. The molecule has 1 fully saturated rings. The van der Waals surface area contributed by atoms with Crippen LogP contribution in [0.3, 0.4) is 0 Å². The van der Waals surface area contributed by atoms with E-state index in [1.807, 2.05) is 18.2 Å². The summed E-state index contributed by atoms with van der Waals surface area (Å²) in [6, 6.07) is 8.89. The number of likely N-dealkylation sites (tertiary alicyclic amines) is 1. The molecule has 4 nitrogen and oxygen atoms in total. The lowest BCUT2D eigenvalue weighted by Gasteiger charge is -2.33. The third-order valence-corrected chi connectivity index (χ3v) is 4.40. The van der Waals surface area contributed by atoms with E-state index >= 15 is 0 Å². The Balaban J connectivity index is 1.52. The zero-order valence-corrected chi connectivity index (χ0v) is 12.8. The lowest BCUT2D eigenvalue weighted by Crippen LogP contribution is -2.38. The first kappa shape index (κ1) is 14.3. The zero-order chi connectivity index (χ0) is 14.5. The van der Waals surface area contributed by atoms with Gasteiger partial charge in [-0.15, -0.1) is 0 Å². The number of nitrogens with zero attached hydrogens (tertiary/aromatic N) is 3. The summed E-state index contributed by atoms with van der Waals surface area (Å²) >= 11 is 0. The summed E-state index contributed by atoms with van der Waals surface area (Å²) in [5, 5.41) is 4.57. The minimum Gasteiger partial charge on any atom is -0.369 e. The van der Waals surface area contributed by atoms with Crippen LogP contribution in [-0.4, -0.2) is 40.5 Å². The maximum atomic E-state index is 4.37. The first-order valence-electron chi connectivity index (χ1n) is 8.02. The highest BCUT2D eigenvalue weighted by atomic mass is 15.2. The van der Waals surface area contributed by atoms with E-state index in [0.717, 1.165) is 35.7 Å². The van der Waals surface area contributed by atoms with Gasteiger partial charge in [0.15, 0.2) is 0 Å². The summed E-state index contributed by atoms with van der Waals surface area (Å²) in [6.45, 7) is 5.75. The van der Waals surface area contributed by atoms with Gasteiger partial charge in [0.1, 0.15) is 12.1 Å². The molecule has 1 aromatic heterocycles. The van der Waals surface area contributed by atoms with Crippen molar-refractivity contribution < 1.29 is 0 Å². The molecule has 0 bridgehead atoms. The van der Waals surface area contributed by atoms with Crippen LogP contribution in [-0.2, 0) is 0 Å². The molecule has 4 heteroatoms. The van der Waals surface area contributed by atoms with E-state index in [1.54, 1.807) is 6.33 Å². The molecule has 1 aliphatic heterocycles. The maximum Gasteiger partial charge on any atom is 0.137 e. The summed E-state index contributed by atoms with van der Waals surface area (Å²) in [4.78, 5) is 11.3. The molecule has 1 N–H and O–H groups in total. The van der Waals surface area contributed by atoms with Crippen LogP contribution in [0.15, 0.2) is 30.6 Å². The predicted molar refractivity (Wildman–Crippen MR) is 87.5 cm³/mol. The molecule has 1 saturated heterocycles. The first-order chi connectivity index (χ1) is 10.3. The molecule has 21 heavy (non-hydrogen) atoms. The molecule has 0 aliphatic carbocycles. The van der Waals surface area contributed by atoms with E-state index in [0.29, 0.717) is 0 Å². The Labute approximate surface area is 126 Å². The third kappa shape index (κ3) is 3.50. The van der Waals surface area contributed by atoms with Crippen molar-refractivity contribution in [3.8, 4) is 0 Å². The molecule has 1 unspecified atom stereocenters. The fraction of sp³-hybridized carbons (Fsp3) is 0.529. The number of benzene rings is 1. The van der Waals surface area contributed by atoms with Gasteiger partial charge in [-0.05, 0) is 44.9 Å². The van der Waals surface area contributed by atoms with E-state index in [9.17, 15) is 0 Å². The van der Waals surface area contributed by atoms with Gasteiger partial charge >= 0.3 is 0 Å². The van der Waals surface area contributed by atoms with Crippen molar-refractivity contribution in [2.75, 3.05) is 25.0 Å². The van der Waals surface area contributed by atoms with Gasteiger partial charge in [0, 0.05) is 24.5 Å². The smallest absolute Gasteiger partial charge is 0.137 e. The van der Waals surface area contributed by atoms with Crippen LogP contribution in [0.5, 0.6) is 0 Å². The van der Waals surface area contributed by atoms with Gasteiger partial charge < -0.3 is 10.2 Å². The lowest BCUT2D eigenvalue weighted by molar-refractivity contribution is 0.160. The van der Waals surface area contributed by atoms with Crippen molar-refractivity contribution in [3.63, 3.8) is 0 Å². The maximum absolute atomic E-state index is 4.37. The molecule has 3 rings (SSSR count). The molecule has 1 atom stereocenters. The number of para-hydroxylation sites is 1. The second-order valence-electron chi connectivity index (χ2n) is 5.90. The Hall–Kier alpha value is -1.68. The Kier molecular flexibility index (Phi) is 4.65. The van der Waals surface area contributed by atoms with Crippen LogP contribution in [0.4, 0.5) is 5.82 Å². The average Bonchev–Trinajstić information content (AvgIpc) is 2.53. The molecular weight excluding hydrogens is 260 g/mol. The van der Waals surface area contributed by atoms with Crippen LogP contribution < -0.4 is 5.32 Å². The van der Waals surface area contributed by atoms with Crippen LogP contribution in [0.2, 0.25) is 0 Å². The molecule has 0 radical (unpaired) electrons. The van der Waals surface area contributed by atoms with Crippen LogP contribution >= 0.6 is 0 Å². The molecule has 1 aliphatic rings. The Morgan fingerprint density at radius 1 is 1.24 bits per heavy atom. The van der Waals surface area contributed by atoms with Crippen molar-refractivity contribution in [3.05, 3.63) is 30.6 Å². The van der Waals surface area contributed by atoms with Gasteiger partial charge in [-0.25, -0.2) is 9.97 Å². The van der Waals surface area contributed by atoms with Gasteiger partial charge in [0.25, 0.3) is 0 Å². The summed E-state index contributed by atoms with van der Waals surface area (Å²) in [7, 11) is 0. The summed E-state index contributed by atoms with van der Waals surface area (Å²) in [6.07, 6.45) is 6.89. The van der Waals surface area contributed by atoms with Crippen molar-refractivity contribution in [2.45, 2.75) is 38.6 Å². The number of hydrogen-bond donors (Lipinski definition) is 1. The fourth-order valence-corrected chi connectivity index (χ4v) is 3.12. The molecule has 1 aromatic carbocycles. The minimum atomic E-state index is 0.749. The molecule has 112 valence electrons. The quantitative estimate of drug-likeness (QED) is 0.855. The SMILES string of the molecule is CC1CCCCN1CCCNc1ncnc2ccccc12. The number of fused-ring (bicyclic) bond motifs is 1. The minimum absolute atomic E-state index is 0.749. The molecule has 0 spiro atoms. The number of hydrogen-bond acceptors (Lipinski definition) is 4. The molecule has 0 saturated carbocycles. The van der Waals surface area contributed by atoms with Gasteiger partial charge in [-0.2, -0.15) is 0 Å². The lowest BCUT2D eigenvalue weighted by atomic mass is 10.0. The van der Waals surface area contributed by atoms with Crippen LogP contribution in [0, 0.1) is 0 Å². The van der Waals surface area contributed by atoms with Crippen molar-refractivity contribution in [2.24, 2.45) is 0 Å². The number of rotatable bonds is 5. The average molecular weight is 284 g/mol. The standard InChI is InChI=1S/C17H24N4/c1-14-7-4-5-11-21(14)12-6-10-18-17-15-8-2-3-9-16(15)19-13-20-17/h2-3,8-9,13-14H,4-7,10-12H2,1H3,(H,18,19,20). The molecule has 2 aromatic rings. The topological polar surface area (TPSA) is 41.0 Å². The number of anilines is 1. The van der Waals surface area contributed by atoms with Gasteiger partial charge in [0.05, 0.1) is 5.52 Å². The fourth-order valence-electron chi connectivity index (χ4n) is 3.12. The van der Waals surface area contributed by atoms with Crippen molar-refractivity contribution in [1.29, 1.82) is 0 Å². The van der Waals surface area contributed by atoms with E-state index in [-0.39, 0.29) is 0 Å². The largest absolute Gasteiger partial charge is 0.369 e. The van der Waals surface area contributed by atoms with Crippen molar-refractivity contribution >= 4 is 16.7 Å². The first-order valence-corrected chi connectivity index (χ1v) is 8.02. The van der Waals surface area contributed by atoms with Crippen LogP contribution in [0.1, 0.15) is 32.6 Å².